The van der Waals surface area contributed by atoms with Gasteiger partial charge in [0.25, 0.3) is 0 Å². The first kappa shape index (κ1) is 48.8. The molecule has 3 aromatic rings. The number of nitrogens with zero attached hydrogens (tertiary/aromatic N) is 6. The number of rotatable bonds is 10. The molecule has 11 heteroatoms. The summed E-state index contributed by atoms with van der Waals surface area (Å²) in [7, 11) is 23.1. The van der Waals surface area contributed by atoms with Crippen molar-refractivity contribution in [1.82, 2.24) is 0 Å². The Hall–Kier alpha value is -2.26. The van der Waals surface area contributed by atoms with E-state index in [9.17, 15) is 0 Å². The molecular formula is C42H63Cl3N6SiTi. The first-order valence-electron chi connectivity index (χ1n) is 17.7. The van der Waals surface area contributed by atoms with Crippen molar-refractivity contribution in [3.63, 3.8) is 0 Å². The molecule has 0 unspecified atom stereocenters. The van der Waals surface area contributed by atoms with Crippen molar-refractivity contribution in [1.29, 1.82) is 0 Å². The van der Waals surface area contributed by atoms with Crippen LogP contribution in [0.1, 0.15) is 44.4 Å². The Labute approximate surface area is 354 Å². The van der Waals surface area contributed by atoms with Gasteiger partial charge in [-0.1, -0.05) is 0 Å². The van der Waals surface area contributed by atoms with Gasteiger partial charge < -0.3 is 37.2 Å². The third kappa shape index (κ3) is 7.78. The Bertz CT molecular complexity index is 1690. The van der Waals surface area contributed by atoms with E-state index in [0.717, 1.165) is 0 Å². The van der Waals surface area contributed by atoms with E-state index in [1.807, 2.05) is 0 Å². The third-order valence-electron chi connectivity index (χ3n) is 11.3. The summed E-state index contributed by atoms with van der Waals surface area (Å²) in [5, 5.41) is 4.32. The largest absolute Gasteiger partial charge is 1.00 e. The normalized spacial score (nSPS) is 13.6. The number of hydrogen-bond acceptors (Lipinski definition) is 6. The molecule has 0 amide bonds. The van der Waals surface area contributed by atoms with E-state index >= 15 is 0 Å². The molecule has 0 radical (unpaired) electrons. The summed E-state index contributed by atoms with van der Waals surface area (Å²) in [4.78, 5) is 13.8. The van der Waals surface area contributed by atoms with Crippen LogP contribution in [0, 0.1) is 20.8 Å². The zero-order chi connectivity index (χ0) is 37.9. The second-order valence-corrected chi connectivity index (χ2v) is 21.8. The minimum Gasteiger partial charge on any atom is -1.00 e. The van der Waals surface area contributed by atoms with E-state index in [0.29, 0.717) is 0 Å². The fourth-order valence-electron chi connectivity index (χ4n) is 8.82. The Kier molecular flexibility index (Phi) is 16.3. The molecule has 4 rings (SSSR count). The van der Waals surface area contributed by atoms with Gasteiger partial charge in [0, 0.05) is 0 Å². The van der Waals surface area contributed by atoms with Crippen LogP contribution in [-0.2, 0) is 20.4 Å². The summed E-state index contributed by atoms with van der Waals surface area (Å²) in [6, 6.07) is 15.3. The molecule has 0 heterocycles. The van der Waals surface area contributed by atoms with Crippen LogP contribution in [0.15, 0.2) is 58.7 Å². The second-order valence-electron chi connectivity index (χ2n) is 15.8. The van der Waals surface area contributed by atoms with E-state index in [1.54, 1.807) is 0 Å². The number of benzene rings is 3. The molecule has 6 nitrogen and oxygen atoms in total. The summed E-state index contributed by atoms with van der Waals surface area (Å²) in [5.41, 5.74) is 17.3. The number of hydrogen-bond donors (Lipinski definition) is 0. The van der Waals surface area contributed by atoms with Crippen molar-refractivity contribution < 1.29 is 57.7 Å². The van der Waals surface area contributed by atoms with E-state index in [4.69, 9.17) is 0 Å². The quantitative estimate of drug-likeness (QED) is 0.164. The molecule has 1 aliphatic rings. The minimum absolute atomic E-state index is 0. The van der Waals surface area contributed by atoms with Crippen molar-refractivity contribution in [2.45, 2.75) is 51.8 Å². The van der Waals surface area contributed by atoms with Gasteiger partial charge >= 0.3 is 319 Å². The summed E-state index contributed by atoms with van der Waals surface area (Å²) in [5.74, 6) is 0. The maximum atomic E-state index is 2.59. The SMILES string of the molecule is CC1=C(C)[C]([Ti+3])([Si](c2cc(C)c(N(C)C)c(N(C)C)c2)(c2cc(C)c(N(C)C)c(N(C)C)c2)c2cc(C)c(N(C)C)c(N(C)C)c2)C(C)=C1C.[Cl-].[Cl-].[Cl-]. The van der Waals surface area contributed by atoms with E-state index in [-0.39, 0.29) is 40.6 Å². The van der Waals surface area contributed by atoms with Crippen LogP contribution in [0.4, 0.5) is 34.1 Å². The minimum atomic E-state index is -3.08. The monoisotopic (exact) mass is 832 g/mol. The number of halogens is 3. The van der Waals surface area contributed by atoms with Gasteiger partial charge in [-0.15, -0.1) is 0 Å². The predicted octanol–water partition coefficient (Wildman–Crippen LogP) is -2.58. The van der Waals surface area contributed by atoms with Crippen LogP contribution in [-0.4, -0.2) is 92.6 Å². The van der Waals surface area contributed by atoms with Gasteiger partial charge in [-0.3, -0.25) is 0 Å². The molecule has 0 spiro atoms. The van der Waals surface area contributed by atoms with Crippen LogP contribution >= 0.6 is 0 Å². The first-order chi connectivity index (χ1) is 23.1. The summed E-state index contributed by atoms with van der Waals surface area (Å²) in [6.45, 7) is 16.5. The Balaban J connectivity index is 0.00000468. The zero-order valence-electron chi connectivity index (χ0n) is 35.8. The molecule has 0 bridgehead atoms. The van der Waals surface area contributed by atoms with Crippen LogP contribution in [0.3, 0.4) is 0 Å². The Morgan fingerprint density at radius 1 is 0.396 bits per heavy atom. The number of aryl methyl sites for hydroxylation is 3. The molecular weight excluding hydrogens is 771 g/mol. The molecule has 0 atom stereocenters. The molecule has 53 heavy (non-hydrogen) atoms. The maximum Gasteiger partial charge on any atom is -1.00 e. The van der Waals surface area contributed by atoms with E-state index < -0.39 is 8.07 Å². The van der Waals surface area contributed by atoms with E-state index in [2.05, 4.69) is 219 Å². The van der Waals surface area contributed by atoms with Gasteiger partial charge in [-0.05, 0) is 0 Å². The van der Waals surface area contributed by atoms with Gasteiger partial charge in [-0.2, -0.15) is 0 Å². The van der Waals surface area contributed by atoms with Crippen LogP contribution in [0.2, 0.25) is 3.34 Å². The fourth-order valence-corrected chi connectivity index (χ4v) is 17.6. The van der Waals surface area contributed by atoms with Crippen LogP contribution < -0.4 is 82.2 Å². The molecule has 0 aromatic heterocycles. The molecule has 0 aliphatic heterocycles. The van der Waals surface area contributed by atoms with Crippen LogP contribution in [0.5, 0.6) is 0 Å². The molecule has 3 aromatic carbocycles. The summed E-state index contributed by atoms with van der Waals surface area (Å²) >= 11 is 2.59. The predicted molar refractivity (Wildman–Crippen MR) is 224 cm³/mol. The topological polar surface area (TPSA) is 19.4 Å². The summed E-state index contributed by atoms with van der Waals surface area (Å²) in [6.07, 6.45) is 0. The molecule has 0 fully saturated rings. The molecule has 290 valence electrons. The second kappa shape index (κ2) is 17.7. The van der Waals surface area contributed by atoms with Crippen molar-refractivity contribution >= 4 is 57.8 Å². The average molecular weight is 834 g/mol. The average Bonchev–Trinajstić information content (AvgIpc) is 3.15. The Morgan fingerprint density at radius 2 is 0.623 bits per heavy atom. The summed E-state index contributed by atoms with van der Waals surface area (Å²) < 4.78 is -0.248. The Morgan fingerprint density at radius 3 is 0.811 bits per heavy atom. The van der Waals surface area contributed by atoms with Gasteiger partial charge in [0.2, 0.25) is 0 Å². The standard InChI is InChI=1S/C42H63N6Si.3ClH.Ti/c1-26-20-33(23-36(43(8)9)39(26)46(14)15)49(42-31(6)29(4)30(5)32(42)7,34-21-27(2)40(47(16)17)37(24-34)44(10)11)35-22-28(3)41(48(18)19)38(25-35)45(12)13;;;;/h20-25H,1-19H3;3*1H;/q;;;;+3/p-3. The smallest absolute Gasteiger partial charge is 1.00 e. The maximum absolute atomic E-state index is 3.08. The van der Waals surface area contributed by atoms with Crippen molar-refractivity contribution in [2.75, 3.05) is 114 Å². The van der Waals surface area contributed by atoms with E-state index in [1.165, 1.54) is 88.7 Å². The van der Waals surface area contributed by atoms with Crippen LogP contribution in [0.25, 0.3) is 0 Å². The molecule has 0 saturated carbocycles. The van der Waals surface area contributed by atoms with Gasteiger partial charge in [0.15, 0.2) is 0 Å². The van der Waals surface area contributed by atoms with Crippen molar-refractivity contribution in [3.05, 3.63) is 75.4 Å². The molecule has 0 saturated heterocycles. The third-order valence-corrected chi connectivity index (χ3v) is 19.6. The van der Waals surface area contributed by atoms with Crippen molar-refractivity contribution in [2.24, 2.45) is 0 Å². The van der Waals surface area contributed by atoms with Crippen molar-refractivity contribution in [3.8, 4) is 0 Å². The van der Waals surface area contributed by atoms with Gasteiger partial charge in [-0.25, -0.2) is 0 Å². The van der Waals surface area contributed by atoms with Gasteiger partial charge in [0.05, 0.1) is 0 Å². The molecule has 0 N–H and O–H groups in total. The fraction of sp³-hybridized carbons (Fsp3) is 0.476. The number of anilines is 6. The number of allylic oxidation sites excluding steroid dienone is 4. The zero-order valence-corrected chi connectivity index (χ0v) is 40.6. The first-order valence-corrected chi connectivity index (χ1v) is 20.5. The molecule has 1 aliphatic carbocycles. The van der Waals surface area contributed by atoms with Gasteiger partial charge in [0.1, 0.15) is 0 Å².